The number of carbonyl (C=O) groups excluding carboxylic acids is 1. The molecule has 0 saturated carbocycles. The van der Waals surface area contributed by atoms with Crippen molar-refractivity contribution in [1.82, 2.24) is 4.90 Å². The van der Waals surface area contributed by atoms with Crippen LogP contribution in [0.1, 0.15) is 19.8 Å². The predicted octanol–water partition coefficient (Wildman–Crippen LogP) is 2.98. The second-order valence-corrected chi connectivity index (χ2v) is 5.25. The molecule has 0 aromatic heterocycles. The van der Waals surface area contributed by atoms with Gasteiger partial charge in [-0.15, -0.1) is 0 Å². The fourth-order valence-electron chi connectivity index (χ4n) is 2.05. The molecule has 1 fully saturated rings. The van der Waals surface area contributed by atoms with Gasteiger partial charge in [0.25, 0.3) is 5.91 Å². The number of likely N-dealkylation sites (tertiary alicyclic amines) is 1. The summed E-state index contributed by atoms with van der Waals surface area (Å²) >= 11 is 5.85. The van der Waals surface area contributed by atoms with Crippen LogP contribution < -0.4 is 4.74 Å². The number of nitrogens with zero attached hydrogens (tertiary/aromatic N) is 1. The highest BCUT2D eigenvalue weighted by atomic mass is 35.5. The Morgan fingerprint density at radius 2 is 2.17 bits per heavy atom. The number of hydrogen-bond donors (Lipinski definition) is 0. The van der Waals surface area contributed by atoms with Crippen molar-refractivity contribution in [2.75, 3.05) is 19.7 Å². The molecule has 1 amide bonds. The molecular weight excluding hydrogens is 250 g/mol. The largest absolute Gasteiger partial charge is 0.484 e. The summed E-state index contributed by atoms with van der Waals surface area (Å²) in [7, 11) is 0. The van der Waals surface area contributed by atoms with E-state index in [4.69, 9.17) is 16.3 Å². The first-order valence-electron chi connectivity index (χ1n) is 6.31. The molecule has 0 aliphatic carbocycles. The number of benzene rings is 1. The molecule has 3 nitrogen and oxygen atoms in total. The van der Waals surface area contributed by atoms with Crippen molar-refractivity contribution in [1.29, 1.82) is 0 Å². The first-order valence-corrected chi connectivity index (χ1v) is 6.69. The molecule has 1 heterocycles. The summed E-state index contributed by atoms with van der Waals surface area (Å²) < 4.78 is 5.45. The van der Waals surface area contributed by atoms with Crippen molar-refractivity contribution in [3.05, 3.63) is 29.3 Å². The summed E-state index contributed by atoms with van der Waals surface area (Å²) in [5, 5.41) is 0.617. The van der Waals surface area contributed by atoms with Gasteiger partial charge in [0.15, 0.2) is 6.61 Å². The van der Waals surface area contributed by atoms with Gasteiger partial charge in [0.2, 0.25) is 0 Å². The average Bonchev–Trinajstić information content (AvgIpc) is 2.37. The summed E-state index contributed by atoms with van der Waals surface area (Å²) in [4.78, 5) is 13.8. The monoisotopic (exact) mass is 267 g/mol. The van der Waals surface area contributed by atoms with Crippen LogP contribution in [0.4, 0.5) is 0 Å². The molecule has 0 spiro atoms. The van der Waals surface area contributed by atoms with Gasteiger partial charge in [0, 0.05) is 18.1 Å². The van der Waals surface area contributed by atoms with Crippen molar-refractivity contribution in [3.8, 4) is 5.75 Å². The first-order chi connectivity index (χ1) is 8.65. The van der Waals surface area contributed by atoms with Crippen LogP contribution in [0, 0.1) is 5.92 Å². The molecule has 4 heteroatoms. The molecule has 1 aromatic rings. The Morgan fingerprint density at radius 3 is 2.83 bits per heavy atom. The highest BCUT2D eigenvalue weighted by molar-refractivity contribution is 6.30. The Morgan fingerprint density at radius 1 is 1.44 bits per heavy atom. The summed E-state index contributed by atoms with van der Waals surface area (Å²) in [5.74, 6) is 1.42. The van der Waals surface area contributed by atoms with E-state index in [0.29, 0.717) is 10.8 Å². The second-order valence-electron chi connectivity index (χ2n) is 4.81. The SMILES string of the molecule is CC1CCN(C(=O)COc2cccc(Cl)c2)CC1. The number of hydrogen-bond acceptors (Lipinski definition) is 2. The minimum atomic E-state index is 0.0573. The van der Waals surface area contributed by atoms with Gasteiger partial charge in [-0.3, -0.25) is 4.79 Å². The van der Waals surface area contributed by atoms with E-state index in [1.807, 2.05) is 11.0 Å². The smallest absolute Gasteiger partial charge is 0.260 e. The molecule has 0 N–H and O–H groups in total. The standard InChI is InChI=1S/C14H18ClNO2/c1-11-5-7-16(8-6-11)14(17)10-18-13-4-2-3-12(15)9-13/h2-4,9,11H,5-8,10H2,1H3. The molecule has 1 aromatic carbocycles. The van der Waals surface area contributed by atoms with E-state index in [1.165, 1.54) is 0 Å². The van der Waals surface area contributed by atoms with Crippen LogP contribution in [0.3, 0.4) is 0 Å². The second kappa shape index (κ2) is 6.10. The highest BCUT2D eigenvalue weighted by Gasteiger charge is 2.20. The zero-order valence-electron chi connectivity index (χ0n) is 10.6. The molecule has 0 radical (unpaired) electrons. The maximum absolute atomic E-state index is 11.9. The number of amides is 1. The third kappa shape index (κ3) is 3.64. The minimum absolute atomic E-state index is 0.0573. The van der Waals surface area contributed by atoms with Gasteiger partial charge < -0.3 is 9.64 Å². The third-order valence-electron chi connectivity index (χ3n) is 3.29. The third-order valence-corrected chi connectivity index (χ3v) is 3.53. The Bertz CT molecular complexity index is 414. The van der Waals surface area contributed by atoms with Crippen LogP contribution in [-0.2, 0) is 4.79 Å². The maximum atomic E-state index is 11.9. The minimum Gasteiger partial charge on any atom is -0.484 e. The molecule has 1 aliphatic rings. The fourth-order valence-corrected chi connectivity index (χ4v) is 2.23. The summed E-state index contributed by atoms with van der Waals surface area (Å²) in [6, 6.07) is 7.11. The van der Waals surface area contributed by atoms with Gasteiger partial charge in [-0.25, -0.2) is 0 Å². The number of carbonyl (C=O) groups is 1. The lowest BCUT2D eigenvalue weighted by atomic mass is 9.99. The van der Waals surface area contributed by atoms with E-state index in [9.17, 15) is 4.79 Å². The number of ether oxygens (including phenoxy) is 1. The molecule has 1 saturated heterocycles. The average molecular weight is 268 g/mol. The topological polar surface area (TPSA) is 29.5 Å². The van der Waals surface area contributed by atoms with Crippen molar-refractivity contribution in [2.24, 2.45) is 5.92 Å². The van der Waals surface area contributed by atoms with Gasteiger partial charge in [0.1, 0.15) is 5.75 Å². The predicted molar refractivity (Wildman–Crippen MR) is 71.9 cm³/mol. The van der Waals surface area contributed by atoms with Gasteiger partial charge in [-0.1, -0.05) is 24.6 Å². The Kier molecular flexibility index (Phi) is 4.48. The van der Waals surface area contributed by atoms with Crippen molar-refractivity contribution < 1.29 is 9.53 Å². The Labute approximate surface area is 113 Å². The fraction of sp³-hybridized carbons (Fsp3) is 0.500. The zero-order valence-corrected chi connectivity index (χ0v) is 11.3. The molecule has 0 unspecified atom stereocenters. The van der Waals surface area contributed by atoms with Crippen LogP contribution >= 0.6 is 11.6 Å². The Hall–Kier alpha value is -1.22. The van der Waals surface area contributed by atoms with E-state index >= 15 is 0 Å². The van der Waals surface area contributed by atoms with E-state index < -0.39 is 0 Å². The van der Waals surface area contributed by atoms with Crippen LogP contribution in [-0.4, -0.2) is 30.5 Å². The molecule has 0 atom stereocenters. The first kappa shape index (κ1) is 13.2. The van der Waals surface area contributed by atoms with Crippen molar-refractivity contribution >= 4 is 17.5 Å². The number of rotatable bonds is 3. The summed E-state index contributed by atoms with van der Waals surface area (Å²) in [6.45, 7) is 4.01. The lowest BCUT2D eigenvalue weighted by Gasteiger charge is -2.30. The van der Waals surface area contributed by atoms with Gasteiger partial charge in [-0.2, -0.15) is 0 Å². The van der Waals surface area contributed by atoms with Gasteiger partial charge in [0.05, 0.1) is 0 Å². The van der Waals surface area contributed by atoms with Crippen LogP contribution in [0.15, 0.2) is 24.3 Å². The van der Waals surface area contributed by atoms with Crippen molar-refractivity contribution in [2.45, 2.75) is 19.8 Å². The summed E-state index contributed by atoms with van der Waals surface area (Å²) in [6.07, 6.45) is 2.17. The molecule has 1 aliphatic heterocycles. The summed E-state index contributed by atoms with van der Waals surface area (Å²) in [5.41, 5.74) is 0. The molecule has 0 bridgehead atoms. The van der Waals surface area contributed by atoms with E-state index in [0.717, 1.165) is 31.8 Å². The maximum Gasteiger partial charge on any atom is 0.260 e. The van der Waals surface area contributed by atoms with Crippen LogP contribution in [0.2, 0.25) is 5.02 Å². The lowest BCUT2D eigenvalue weighted by Crippen LogP contribution is -2.40. The van der Waals surface area contributed by atoms with E-state index in [-0.39, 0.29) is 12.5 Å². The molecule has 18 heavy (non-hydrogen) atoms. The Balaban J connectivity index is 1.81. The lowest BCUT2D eigenvalue weighted by molar-refractivity contribution is -0.134. The normalized spacial score (nSPS) is 16.7. The van der Waals surface area contributed by atoms with Gasteiger partial charge in [-0.05, 0) is 37.0 Å². The van der Waals surface area contributed by atoms with E-state index in [2.05, 4.69) is 6.92 Å². The molecule has 2 rings (SSSR count). The van der Waals surface area contributed by atoms with E-state index in [1.54, 1.807) is 18.2 Å². The zero-order chi connectivity index (χ0) is 13.0. The number of halogens is 1. The molecular formula is C14H18ClNO2. The quantitative estimate of drug-likeness (QED) is 0.843. The van der Waals surface area contributed by atoms with Crippen LogP contribution in [0.25, 0.3) is 0 Å². The van der Waals surface area contributed by atoms with Crippen molar-refractivity contribution in [3.63, 3.8) is 0 Å². The molecule has 98 valence electrons. The van der Waals surface area contributed by atoms with Gasteiger partial charge >= 0.3 is 0 Å². The highest BCUT2D eigenvalue weighted by Crippen LogP contribution is 2.18. The van der Waals surface area contributed by atoms with Crippen LogP contribution in [0.5, 0.6) is 5.75 Å². The number of piperidine rings is 1.